The topological polar surface area (TPSA) is 80.0 Å². The molecule has 0 radical (unpaired) electrons. The fourth-order valence-electron chi connectivity index (χ4n) is 4.62. The van der Waals surface area contributed by atoms with Gasteiger partial charge in [-0.3, -0.25) is 9.79 Å². The van der Waals surface area contributed by atoms with Crippen LogP contribution in [0.25, 0.3) is 5.57 Å². The highest BCUT2D eigenvalue weighted by atomic mass is 19.1. The number of para-hydroxylation sites is 1. The number of fused-ring (bicyclic) bond motifs is 1. The number of hydrogen-bond acceptors (Lipinski definition) is 5. The van der Waals surface area contributed by atoms with Crippen LogP contribution in [-0.4, -0.2) is 37.3 Å². The maximum Gasteiger partial charge on any atom is 0.224 e. The van der Waals surface area contributed by atoms with Gasteiger partial charge in [0.25, 0.3) is 0 Å². The van der Waals surface area contributed by atoms with Crippen LogP contribution in [0.3, 0.4) is 0 Å². The number of nitrogens with two attached hydrogens (primary N) is 1. The Morgan fingerprint density at radius 2 is 1.97 bits per heavy atom. The number of benzene rings is 2. The number of allylic oxidation sites excluding steroid dienone is 1. The van der Waals surface area contributed by atoms with E-state index >= 15 is 4.39 Å². The number of carbonyl (C=O) groups is 1. The van der Waals surface area contributed by atoms with Crippen LogP contribution in [0.15, 0.2) is 47.6 Å². The van der Waals surface area contributed by atoms with E-state index in [9.17, 15) is 4.79 Å². The normalized spacial score (nSPS) is 19.5. The number of amides is 1. The Kier molecular flexibility index (Phi) is 7.08. The maximum atomic E-state index is 15.6. The number of aliphatic imine (C=N–C) groups is 1. The highest BCUT2D eigenvalue weighted by Gasteiger charge is 2.33. The molecule has 7 heteroatoms. The minimum Gasteiger partial charge on any atom is -0.456 e. The molecular weight excluding hydrogens is 419 g/mol. The molecular formula is C26H31FN4O2. The predicted octanol–water partition coefficient (Wildman–Crippen LogP) is 4.43. The van der Waals surface area contributed by atoms with E-state index in [1.807, 2.05) is 37.3 Å². The summed E-state index contributed by atoms with van der Waals surface area (Å²) in [4.78, 5) is 18.7. The van der Waals surface area contributed by atoms with Crippen molar-refractivity contribution in [1.29, 1.82) is 0 Å². The minimum atomic E-state index is -0.461. The molecule has 2 aliphatic heterocycles. The number of ether oxygens (including phenoxy) is 1. The molecule has 2 aliphatic rings. The van der Waals surface area contributed by atoms with Crippen LogP contribution >= 0.6 is 0 Å². The highest BCUT2D eigenvalue weighted by molar-refractivity contribution is 6.11. The van der Waals surface area contributed by atoms with Crippen molar-refractivity contribution in [2.75, 3.05) is 18.0 Å². The third-order valence-electron chi connectivity index (χ3n) is 6.32. The Morgan fingerprint density at radius 3 is 2.64 bits per heavy atom. The number of nitrogens with one attached hydrogen (secondary N) is 1. The van der Waals surface area contributed by atoms with E-state index in [0.717, 1.165) is 25.9 Å². The first-order chi connectivity index (χ1) is 16.0. The summed E-state index contributed by atoms with van der Waals surface area (Å²) in [5.74, 6) is 0.496. The molecule has 1 fully saturated rings. The van der Waals surface area contributed by atoms with E-state index in [0.29, 0.717) is 46.7 Å². The van der Waals surface area contributed by atoms with E-state index in [1.165, 1.54) is 24.1 Å². The molecule has 2 aromatic carbocycles. The molecule has 0 saturated carbocycles. The van der Waals surface area contributed by atoms with Gasteiger partial charge in [-0.15, -0.1) is 0 Å². The van der Waals surface area contributed by atoms with E-state index in [-0.39, 0.29) is 18.0 Å². The minimum absolute atomic E-state index is 0.0917. The van der Waals surface area contributed by atoms with Crippen LogP contribution in [0.4, 0.5) is 10.1 Å². The van der Waals surface area contributed by atoms with E-state index < -0.39 is 5.82 Å². The summed E-state index contributed by atoms with van der Waals surface area (Å²) in [5.41, 5.74) is 8.10. The Hall–Kier alpha value is -3.19. The molecule has 6 nitrogen and oxygen atoms in total. The quantitative estimate of drug-likeness (QED) is 0.661. The lowest BCUT2D eigenvalue weighted by molar-refractivity contribution is -0.117. The molecule has 1 unspecified atom stereocenters. The first kappa shape index (κ1) is 23.0. The number of halogens is 1. The molecule has 0 bridgehead atoms. The van der Waals surface area contributed by atoms with Crippen molar-refractivity contribution in [3.05, 3.63) is 59.5 Å². The molecule has 1 atom stereocenters. The lowest BCUT2D eigenvalue weighted by Crippen LogP contribution is -2.41. The maximum absolute atomic E-state index is 15.6. The first-order valence-electron chi connectivity index (χ1n) is 11.5. The monoisotopic (exact) mass is 450 g/mol. The molecule has 0 spiro atoms. The zero-order chi connectivity index (χ0) is 23.4. The van der Waals surface area contributed by atoms with Crippen molar-refractivity contribution in [2.24, 2.45) is 10.7 Å². The summed E-state index contributed by atoms with van der Waals surface area (Å²) in [7, 11) is 0. The van der Waals surface area contributed by atoms with Crippen molar-refractivity contribution >= 4 is 23.4 Å². The number of hydrogen-bond donors (Lipinski definition) is 2. The Labute approximate surface area is 194 Å². The number of anilines is 1. The van der Waals surface area contributed by atoms with Gasteiger partial charge in [-0.05, 0) is 63.9 Å². The summed E-state index contributed by atoms with van der Waals surface area (Å²) in [6.45, 7) is 5.26. The highest BCUT2D eigenvalue weighted by Crippen LogP contribution is 2.44. The van der Waals surface area contributed by atoms with Crippen LogP contribution in [0.5, 0.6) is 11.5 Å². The fraction of sp³-hybridized carbons (Fsp3) is 0.385. The first-order valence-corrected chi connectivity index (χ1v) is 11.5. The van der Waals surface area contributed by atoms with Crippen molar-refractivity contribution in [3.8, 4) is 11.5 Å². The molecule has 0 aliphatic carbocycles. The molecule has 4 rings (SSSR count). The molecule has 1 amide bonds. The third-order valence-corrected chi connectivity index (χ3v) is 6.32. The SMILES string of the molecule is CC(=O)N1c2c(F)cc(C(C=NC3CCNCC3)=CN)c(Oc3ccccc3)c2CCC1C. The average Bonchev–Trinajstić information content (AvgIpc) is 2.82. The number of piperidine rings is 1. The van der Waals surface area contributed by atoms with Crippen LogP contribution in [0, 0.1) is 5.82 Å². The van der Waals surface area contributed by atoms with E-state index in [1.54, 1.807) is 6.21 Å². The Morgan fingerprint density at radius 1 is 1.24 bits per heavy atom. The number of carbonyl (C=O) groups excluding carboxylic acids is 1. The largest absolute Gasteiger partial charge is 0.456 e. The van der Waals surface area contributed by atoms with Gasteiger partial charge in [-0.1, -0.05) is 18.2 Å². The summed E-state index contributed by atoms with van der Waals surface area (Å²) in [6.07, 6.45) is 6.38. The molecule has 174 valence electrons. The van der Waals surface area contributed by atoms with Gasteiger partial charge in [-0.25, -0.2) is 4.39 Å². The van der Waals surface area contributed by atoms with Gasteiger partial charge in [-0.2, -0.15) is 0 Å². The molecule has 33 heavy (non-hydrogen) atoms. The predicted molar refractivity (Wildman–Crippen MR) is 130 cm³/mol. The standard InChI is InChI=1S/C26H31FN4O2/c1-17-8-9-22-25(31(17)18(2)32)24(27)14-23(26(22)33-21-6-4-3-5-7-21)19(15-28)16-30-20-10-12-29-13-11-20/h3-7,14-17,20,29H,8-13,28H2,1-2H3. The van der Waals surface area contributed by atoms with Crippen LogP contribution in [0.2, 0.25) is 0 Å². The summed E-state index contributed by atoms with van der Waals surface area (Å²) >= 11 is 0. The molecule has 2 aromatic rings. The second-order valence-electron chi connectivity index (χ2n) is 8.64. The zero-order valence-electron chi connectivity index (χ0n) is 19.2. The summed E-state index contributed by atoms with van der Waals surface area (Å²) < 4.78 is 21.9. The molecule has 0 aromatic heterocycles. The molecule has 1 saturated heterocycles. The second-order valence-corrected chi connectivity index (χ2v) is 8.64. The number of rotatable bonds is 5. The smallest absolute Gasteiger partial charge is 0.224 e. The summed E-state index contributed by atoms with van der Waals surface area (Å²) in [5, 5.41) is 3.33. The summed E-state index contributed by atoms with van der Waals surface area (Å²) in [6, 6.07) is 10.9. The Balaban J connectivity index is 1.82. The van der Waals surface area contributed by atoms with E-state index in [2.05, 4.69) is 5.32 Å². The van der Waals surface area contributed by atoms with E-state index in [4.69, 9.17) is 15.5 Å². The molecule has 3 N–H and O–H groups in total. The lowest BCUT2D eigenvalue weighted by atomic mass is 9.91. The van der Waals surface area contributed by atoms with Gasteiger partial charge in [0.15, 0.2) is 0 Å². The van der Waals surface area contributed by atoms with Crippen molar-refractivity contribution in [1.82, 2.24) is 5.32 Å². The van der Waals surface area contributed by atoms with Crippen LogP contribution < -0.4 is 20.7 Å². The van der Waals surface area contributed by atoms with Gasteiger partial charge in [0.1, 0.15) is 17.3 Å². The van der Waals surface area contributed by atoms with Gasteiger partial charge in [0.2, 0.25) is 5.91 Å². The number of nitrogens with zero attached hydrogens (tertiary/aromatic N) is 2. The van der Waals surface area contributed by atoms with Crippen LogP contribution in [-0.2, 0) is 11.2 Å². The van der Waals surface area contributed by atoms with Gasteiger partial charge < -0.3 is 20.7 Å². The van der Waals surface area contributed by atoms with Gasteiger partial charge in [0.05, 0.1) is 11.7 Å². The third kappa shape index (κ3) is 4.93. The lowest BCUT2D eigenvalue weighted by Gasteiger charge is -2.36. The van der Waals surface area contributed by atoms with Gasteiger partial charge >= 0.3 is 0 Å². The van der Waals surface area contributed by atoms with Gasteiger partial charge in [0, 0.05) is 42.1 Å². The average molecular weight is 451 g/mol. The van der Waals surface area contributed by atoms with Crippen molar-refractivity contribution in [3.63, 3.8) is 0 Å². The van der Waals surface area contributed by atoms with Crippen molar-refractivity contribution in [2.45, 2.75) is 51.6 Å². The zero-order valence-corrected chi connectivity index (χ0v) is 19.2. The fourth-order valence-corrected chi connectivity index (χ4v) is 4.62. The van der Waals surface area contributed by atoms with Crippen LogP contribution in [0.1, 0.15) is 44.2 Å². The second kappa shape index (κ2) is 10.2. The van der Waals surface area contributed by atoms with Crippen molar-refractivity contribution < 1.29 is 13.9 Å². The Bertz CT molecular complexity index is 1060. The molecule has 2 heterocycles.